The molecule has 0 saturated heterocycles. The number of benzene rings is 2. The van der Waals surface area contributed by atoms with Crippen LogP contribution in [0.2, 0.25) is 5.02 Å². The van der Waals surface area contributed by atoms with Gasteiger partial charge >= 0.3 is 6.18 Å². The molecule has 0 radical (unpaired) electrons. The lowest BCUT2D eigenvalue weighted by Crippen LogP contribution is -2.14. The van der Waals surface area contributed by atoms with Gasteiger partial charge in [0.1, 0.15) is 5.82 Å². The highest BCUT2D eigenvalue weighted by Gasteiger charge is 2.32. The minimum atomic E-state index is -4.44. The standard InChI is InChI=1S/C21H18ClF3N4/c1-29(2)20-12-16(21(23,24)25)11-19(27-20)15-5-3-14(4-6-15)13-26-28-18-9-7-17(22)8-10-18/h3-13,28H,1-2H3/b26-13-. The summed E-state index contributed by atoms with van der Waals surface area (Å²) in [4.78, 5) is 5.87. The van der Waals surface area contributed by atoms with E-state index in [0.29, 0.717) is 10.6 Å². The summed E-state index contributed by atoms with van der Waals surface area (Å²) in [5, 5.41) is 4.77. The Bertz CT molecular complexity index is 998. The summed E-state index contributed by atoms with van der Waals surface area (Å²) in [5.41, 5.74) is 4.56. The Morgan fingerprint density at radius 1 is 1.00 bits per heavy atom. The summed E-state index contributed by atoms with van der Waals surface area (Å²) in [5.74, 6) is 0.243. The maximum Gasteiger partial charge on any atom is 0.416 e. The Balaban J connectivity index is 1.79. The number of hydrogen-bond acceptors (Lipinski definition) is 4. The highest BCUT2D eigenvalue weighted by atomic mass is 35.5. The van der Waals surface area contributed by atoms with Gasteiger partial charge in [-0.25, -0.2) is 4.98 Å². The molecule has 0 saturated carbocycles. The summed E-state index contributed by atoms with van der Waals surface area (Å²) in [7, 11) is 3.30. The van der Waals surface area contributed by atoms with Crippen molar-refractivity contribution in [1.82, 2.24) is 4.98 Å². The minimum absolute atomic E-state index is 0.243. The number of aromatic nitrogens is 1. The average molecular weight is 419 g/mol. The van der Waals surface area contributed by atoms with Gasteiger partial charge in [-0.05, 0) is 42.0 Å². The second-order valence-electron chi connectivity index (χ2n) is 6.49. The number of alkyl halides is 3. The van der Waals surface area contributed by atoms with Gasteiger partial charge in [0, 0.05) is 24.7 Å². The van der Waals surface area contributed by atoms with Crippen molar-refractivity contribution in [1.29, 1.82) is 0 Å². The molecule has 8 heteroatoms. The predicted octanol–water partition coefficient (Wildman–Crippen LogP) is 5.93. The van der Waals surface area contributed by atoms with E-state index in [1.807, 2.05) is 0 Å². The van der Waals surface area contributed by atoms with Gasteiger partial charge < -0.3 is 4.90 Å². The molecule has 150 valence electrons. The number of hydrogen-bond donors (Lipinski definition) is 1. The molecule has 0 spiro atoms. The van der Waals surface area contributed by atoms with E-state index in [0.717, 1.165) is 23.4 Å². The molecule has 0 atom stereocenters. The molecule has 1 aromatic heterocycles. The molecule has 0 fully saturated rings. The number of rotatable bonds is 5. The van der Waals surface area contributed by atoms with Crippen molar-refractivity contribution >= 4 is 29.3 Å². The topological polar surface area (TPSA) is 40.5 Å². The zero-order valence-corrected chi connectivity index (χ0v) is 16.5. The monoisotopic (exact) mass is 418 g/mol. The van der Waals surface area contributed by atoms with Crippen LogP contribution in [0.25, 0.3) is 11.3 Å². The summed E-state index contributed by atoms with van der Waals surface area (Å²) in [6, 6.07) is 16.1. The molecular formula is C21H18ClF3N4. The van der Waals surface area contributed by atoms with Crippen LogP contribution in [0.5, 0.6) is 0 Å². The number of pyridine rings is 1. The van der Waals surface area contributed by atoms with E-state index in [1.54, 1.807) is 73.7 Å². The number of halogens is 4. The number of anilines is 2. The van der Waals surface area contributed by atoms with Crippen LogP contribution < -0.4 is 10.3 Å². The molecule has 3 aromatic rings. The first-order chi connectivity index (χ1) is 13.7. The number of hydrazone groups is 1. The van der Waals surface area contributed by atoms with E-state index < -0.39 is 11.7 Å². The molecule has 0 aliphatic heterocycles. The van der Waals surface area contributed by atoms with Crippen LogP contribution in [-0.4, -0.2) is 25.3 Å². The van der Waals surface area contributed by atoms with Gasteiger partial charge in [-0.15, -0.1) is 0 Å². The first-order valence-electron chi connectivity index (χ1n) is 8.64. The Labute approximate surface area is 171 Å². The molecule has 2 aromatic carbocycles. The molecule has 1 N–H and O–H groups in total. The number of nitrogens with zero attached hydrogens (tertiary/aromatic N) is 3. The van der Waals surface area contributed by atoms with Crippen molar-refractivity contribution in [3.63, 3.8) is 0 Å². The van der Waals surface area contributed by atoms with Crippen LogP contribution in [0.3, 0.4) is 0 Å². The van der Waals surface area contributed by atoms with Crippen molar-refractivity contribution < 1.29 is 13.2 Å². The summed E-state index contributed by atoms with van der Waals surface area (Å²) < 4.78 is 39.6. The second kappa shape index (κ2) is 8.53. The van der Waals surface area contributed by atoms with E-state index in [1.165, 1.54) is 0 Å². The Kier molecular flexibility index (Phi) is 6.08. The molecule has 0 amide bonds. The fourth-order valence-electron chi connectivity index (χ4n) is 2.50. The third-order valence-corrected chi connectivity index (χ3v) is 4.31. The summed E-state index contributed by atoms with van der Waals surface area (Å²) >= 11 is 5.83. The molecule has 29 heavy (non-hydrogen) atoms. The normalized spacial score (nSPS) is 11.7. The van der Waals surface area contributed by atoms with Crippen molar-refractivity contribution in [3.05, 3.63) is 76.8 Å². The molecule has 0 aliphatic carbocycles. The van der Waals surface area contributed by atoms with E-state index in [9.17, 15) is 13.2 Å². The molecule has 1 heterocycles. The fraction of sp³-hybridized carbons (Fsp3) is 0.143. The largest absolute Gasteiger partial charge is 0.416 e. The number of nitrogens with one attached hydrogen (secondary N) is 1. The SMILES string of the molecule is CN(C)c1cc(C(F)(F)F)cc(-c2ccc(/C=N\Nc3ccc(Cl)cc3)cc2)n1. The van der Waals surface area contributed by atoms with Gasteiger partial charge in [-0.1, -0.05) is 35.9 Å². The van der Waals surface area contributed by atoms with E-state index in [2.05, 4.69) is 15.5 Å². The Hall–Kier alpha value is -3.06. The van der Waals surface area contributed by atoms with Crippen molar-refractivity contribution in [3.8, 4) is 11.3 Å². The minimum Gasteiger partial charge on any atom is -0.363 e. The van der Waals surface area contributed by atoms with E-state index in [-0.39, 0.29) is 11.5 Å². The lowest BCUT2D eigenvalue weighted by atomic mass is 10.1. The van der Waals surface area contributed by atoms with Crippen molar-refractivity contribution in [2.45, 2.75) is 6.18 Å². The van der Waals surface area contributed by atoms with Crippen LogP contribution in [0.1, 0.15) is 11.1 Å². The van der Waals surface area contributed by atoms with Crippen molar-refractivity contribution in [2.75, 3.05) is 24.4 Å². The molecular weight excluding hydrogens is 401 g/mol. The van der Waals surface area contributed by atoms with E-state index >= 15 is 0 Å². The second-order valence-corrected chi connectivity index (χ2v) is 6.93. The first-order valence-corrected chi connectivity index (χ1v) is 9.02. The molecule has 0 bridgehead atoms. The zero-order chi connectivity index (χ0) is 21.0. The lowest BCUT2D eigenvalue weighted by molar-refractivity contribution is -0.137. The maximum atomic E-state index is 13.2. The third-order valence-electron chi connectivity index (χ3n) is 4.06. The van der Waals surface area contributed by atoms with Gasteiger partial charge in [-0.3, -0.25) is 5.43 Å². The van der Waals surface area contributed by atoms with Crippen LogP contribution in [0.15, 0.2) is 65.8 Å². The lowest BCUT2D eigenvalue weighted by Gasteiger charge is -2.16. The van der Waals surface area contributed by atoms with Crippen LogP contribution >= 0.6 is 11.6 Å². The Morgan fingerprint density at radius 2 is 1.66 bits per heavy atom. The summed E-state index contributed by atoms with van der Waals surface area (Å²) in [6.45, 7) is 0. The van der Waals surface area contributed by atoms with Gasteiger partial charge in [0.2, 0.25) is 0 Å². The maximum absolute atomic E-state index is 13.2. The molecule has 4 nitrogen and oxygen atoms in total. The summed E-state index contributed by atoms with van der Waals surface area (Å²) in [6.07, 6.45) is -2.83. The fourth-order valence-corrected chi connectivity index (χ4v) is 2.63. The zero-order valence-electron chi connectivity index (χ0n) is 15.7. The third kappa shape index (κ3) is 5.48. The molecule has 0 aliphatic rings. The molecule has 0 unspecified atom stereocenters. The quantitative estimate of drug-likeness (QED) is 0.412. The smallest absolute Gasteiger partial charge is 0.363 e. The highest BCUT2D eigenvalue weighted by molar-refractivity contribution is 6.30. The van der Waals surface area contributed by atoms with Crippen LogP contribution in [-0.2, 0) is 6.18 Å². The van der Waals surface area contributed by atoms with Crippen LogP contribution in [0.4, 0.5) is 24.7 Å². The van der Waals surface area contributed by atoms with Gasteiger partial charge in [0.25, 0.3) is 0 Å². The molecule has 3 rings (SSSR count). The highest BCUT2D eigenvalue weighted by Crippen LogP contribution is 2.33. The van der Waals surface area contributed by atoms with E-state index in [4.69, 9.17) is 11.6 Å². The van der Waals surface area contributed by atoms with Crippen molar-refractivity contribution in [2.24, 2.45) is 5.10 Å². The van der Waals surface area contributed by atoms with Gasteiger partial charge in [0.05, 0.1) is 23.2 Å². The Morgan fingerprint density at radius 3 is 2.24 bits per heavy atom. The predicted molar refractivity (Wildman–Crippen MR) is 112 cm³/mol. The average Bonchev–Trinajstić information content (AvgIpc) is 2.69. The first kappa shape index (κ1) is 20.7. The van der Waals surface area contributed by atoms with Crippen LogP contribution in [0, 0.1) is 0 Å². The van der Waals surface area contributed by atoms with Gasteiger partial charge in [-0.2, -0.15) is 18.3 Å². The van der Waals surface area contributed by atoms with Gasteiger partial charge in [0.15, 0.2) is 0 Å².